The average Bonchev–Trinajstić information content (AvgIpc) is 2.47. The van der Waals surface area contributed by atoms with Gasteiger partial charge in [0.25, 0.3) is 0 Å². The molecule has 1 fully saturated rings. The predicted molar refractivity (Wildman–Crippen MR) is 75.0 cm³/mol. The summed E-state index contributed by atoms with van der Waals surface area (Å²) in [6.07, 6.45) is 4.57. The monoisotopic (exact) mass is 256 g/mol. The molecule has 0 atom stereocenters. The number of rotatable bonds is 3. The van der Waals surface area contributed by atoms with E-state index in [1.807, 2.05) is 23.1 Å². The van der Waals surface area contributed by atoms with Crippen LogP contribution in [0.5, 0.6) is 0 Å². The molecule has 3 aliphatic rings. The van der Waals surface area contributed by atoms with E-state index in [1.54, 1.807) is 6.92 Å². The van der Waals surface area contributed by atoms with E-state index in [-0.39, 0.29) is 5.91 Å². The first-order chi connectivity index (χ1) is 9.24. The van der Waals surface area contributed by atoms with Crippen LogP contribution in [0.25, 0.3) is 0 Å². The lowest BCUT2D eigenvalue weighted by Crippen LogP contribution is -2.42. The highest BCUT2D eigenvalue weighted by Gasteiger charge is 2.31. The summed E-state index contributed by atoms with van der Waals surface area (Å²) in [4.78, 5) is 16.3. The maximum absolute atomic E-state index is 12.0. The minimum Gasteiger partial charge on any atom is -0.376 e. The van der Waals surface area contributed by atoms with Crippen molar-refractivity contribution in [3.63, 3.8) is 0 Å². The van der Waals surface area contributed by atoms with Crippen molar-refractivity contribution in [1.29, 1.82) is 0 Å². The molecule has 100 valence electrons. The number of hydrogen-bond donors (Lipinski definition) is 0. The van der Waals surface area contributed by atoms with Gasteiger partial charge in [-0.05, 0) is 18.4 Å². The van der Waals surface area contributed by atoms with Gasteiger partial charge in [0.1, 0.15) is 0 Å². The van der Waals surface area contributed by atoms with Crippen molar-refractivity contribution < 1.29 is 4.79 Å². The zero-order valence-corrected chi connectivity index (χ0v) is 11.4. The van der Waals surface area contributed by atoms with Crippen molar-refractivity contribution in [2.24, 2.45) is 5.92 Å². The third-order valence-electron chi connectivity index (χ3n) is 4.14. The Kier molecular flexibility index (Phi) is 3.28. The molecule has 0 aromatic heterocycles. The molecule has 2 bridgehead atoms. The Morgan fingerprint density at radius 1 is 1.26 bits per heavy atom. The molecular formula is C16H20N2O. The highest BCUT2D eigenvalue weighted by molar-refractivity contribution is 5.75. The first kappa shape index (κ1) is 12.3. The van der Waals surface area contributed by atoms with Crippen LogP contribution in [-0.2, 0) is 11.3 Å². The lowest BCUT2D eigenvalue weighted by molar-refractivity contribution is -0.128. The standard InChI is InChI=1S/C16H20N2O/c1-13(19)18(11-14-5-3-2-4-6-14)16-12-17-9-7-15(16)8-10-17/h2-6,12,15H,7-11H2,1H3. The quantitative estimate of drug-likeness (QED) is 0.830. The van der Waals surface area contributed by atoms with Crippen LogP contribution < -0.4 is 0 Å². The number of hydrogen-bond acceptors (Lipinski definition) is 2. The fourth-order valence-corrected chi connectivity index (χ4v) is 3.06. The molecule has 4 rings (SSSR count). The van der Waals surface area contributed by atoms with Crippen molar-refractivity contribution >= 4 is 5.91 Å². The van der Waals surface area contributed by atoms with Gasteiger partial charge in [0.15, 0.2) is 0 Å². The van der Waals surface area contributed by atoms with Gasteiger partial charge in [0, 0.05) is 37.8 Å². The normalized spacial score (nSPS) is 18.4. The van der Waals surface area contributed by atoms with Crippen LogP contribution in [0.1, 0.15) is 25.3 Å². The number of fused-ring (bicyclic) bond motifs is 2. The number of piperidine rings is 1. The number of carbonyl (C=O) groups excluding carboxylic acids is 1. The fraction of sp³-hybridized carbons (Fsp3) is 0.438. The third-order valence-corrected chi connectivity index (χ3v) is 4.14. The molecule has 0 aliphatic carbocycles. The maximum atomic E-state index is 12.0. The van der Waals surface area contributed by atoms with Crippen LogP contribution in [0, 0.1) is 5.92 Å². The van der Waals surface area contributed by atoms with E-state index in [0.29, 0.717) is 12.5 Å². The lowest BCUT2D eigenvalue weighted by atomic mass is 9.89. The van der Waals surface area contributed by atoms with Gasteiger partial charge in [-0.25, -0.2) is 0 Å². The highest BCUT2D eigenvalue weighted by Crippen LogP contribution is 2.33. The number of nitrogens with zero attached hydrogens (tertiary/aromatic N) is 2. The largest absolute Gasteiger partial charge is 0.376 e. The molecule has 3 aliphatic heterocycles. The molecule has 3 heteroatoms. The number of amides is 1. The minimum atomic E-state index is 0.142. The Morgan fingerprint density at radius 2 is 1.95 bits per heavy atom. The SMILES string of the molecule is CC(=O)N(Cc1ccccc1)C1=CN2CCC1CC2. The molecule has 3 heterocycles. The van der Waals surface area contributed by atoms with Crippen LogP contribution in [0.15, 0.2) is 42.2 Å². The van der Waals surface area contributed by atoms with E-state index in [1.165, 1.54) is 24.1 Å². The van der Waals surface area contributed by atoms with Crippen LogP contribution in [-0.4, -0.2) is 28.8 Å². The Hall–Kier alpha value is -1.77. The Morgan fingerprint density at radius 3 is 2.47 bits per heavy atom. The summed E-state index contributed by atoms with van der Waals surface area (Å²) in [6, 6.07) is 10.2. The van der Waals surface area contributed by atoms with Crippen molar-refractivity contribution in [1.82, 2.24) is 9.80 Å². The summed E-state index contributed by atoms with van der Waals surface area (Å²) in [6.45, 7) is 4.64. The number of allylic oxidation sites excluding steroid dienone is 1. The molecule has 1 aromatic carbocycles. The van der Waals surface area contributed by atoms with E-state index in [0.717, 1.165) is 13.1 Å². The second kappa shape index (κ2) is 5.08. The second-order valence-electron chi connectivity index (χ2n) is 5.45. The van der Waals surface area contributed by atoms with Gasteiger partial charge in [-0.1, -0.05) is 30.3 Å². The summed E-state index contributed by atoms with van der Waals surface area (Å²) in [5.74, 6) is 0.710. The van der Waals surface area contributed by atoms with Crippen molar-refractivity contribution in [3.05, 3.63) is 47.8 Å². The molecule has 19 heavy (non-hydrogen) atoms. The lowest BCUT2D eigenvalue weighted by Gasteiger charge is -2.42. The zero-order valence-electron chi connectivity index (χ0n) is 11.4. The average molecular weight is 256 g/mol. The van der Waals surface area contributed by atoms with Crippen LogP contribution in [0.4, 0.5) is 0 Å². The van der Waals surface area contributed by atoms with Gasteiger partial charge in [-0.15, -0.1) is 0 Å². The summed E-state index contributed by atoms with van der Waals surface area (Å²) in [5.41, 5.74) is 2.41. The van der Waals surface area contributed by atoms with Crippen molar-refractivity contribution in [2.75, 3.05) is 13.1 Å². The summed E-state index contributed by atoms with van der Waals surface area (Å²) < 4.78 is 0. The first-order valence-corrected chi connectivity index (χ1v) is 7.02. The topological polar surface area (TPSA) is 23.6 Å². The van der Waals surface area contributed by atoms with Gasteiger partial charge in [-0.3, -0.25) is 4.79 Å². The van der Waals surface area contributed by atoms with E-state index < -0.39 is 0 Å². The van der Waals surface area contributed by atoms with E-state index >= 15 is 0 Å². The van der Waals surface area contributed by atoms with E-state index in [4.69, 9.17) is 0 Å². The Bertz CT molecular complexity index is 487. The third kappa shape index (κ3) is 2.50. The Labute approximate surface area is 114 Å². The van der Waals surface area contributed by atoms with Crippen molar-refractivity contribution in [3.8, 4) is 0 Å². The first-order valence-electron chi connectivity index (χ1n) is 7.02. The van der Waals surface area contributed by atoms with Crippen LogP contribution in [0.3, 0.4) is 0 Å². The van der Waals surface area contributed by atoms with Gasteiger partial charge < -0.3 is 9.80 Å². The summed E-state index contributed by atoms with van der Waals surface area (Å²) in [7, 11) is 0. The molecule has 0 spiro atoms. The van der Waals surface area contributed by atoms with Crippen molar-refractivity contribution in [2.45, 2.75) is 26.3 Å². The second-order valence-corrected chi connectivity index (χ2v) is 5.45. The molecule has 0 radical (unpaired) electrons. The zero-order chi connectivity index (χ0) is 13.2. The molecule has 1 saturated heterocycles. The molecule has 0 unspecified atom stereocenters. The molecular weight excluding hydrogens is 236 g/mol. The maximum Gasteiger partial charge on any atom is 0.223 e. The van der Waals surface area contributed by atoms with Gasteiger partial charge >= 0.3 is 0 Å². The smallest absolute Gasteiger partial charge is 0.223 e. The van der Waals surface area contributed by atoms with Gasteiger partial charge in [-0.2, -0.15) is 0 Å². The van der Waals surface area contributed by atoms with E-state index in [2.05, 4.69) is 23.2 Å². The summed E-state index contributed by atoms with van der Waals surface area (Å²) in [5, 5.41) is 0. The summed E-state index contributed by atoms with van der Waals surface area (Å²) >= 11 is 0. The predicted octanol–water partition coefficient (Wildman–Crippen LogP) is 2.60. The molecule has 1 amide bonds. The van der Waals surface area contributed by atoms with Gasteiger partial charge in [0.2, 0.25) is 5.91 Å². The number of benzene rings is 1. The molecule has 3 nitrogen and oxygen atoms in total. The van der Waals surface area contributed by atoms with Crippen LogP contribution >= 0.6 is 0 Å². The highest BCUT2D eigenvalue weighted by atomic mass is 16.2. The molecule has 0 N–H and O–H groups in total. The molecule has 1 aromatic rings. The van der Waals surface area contributed by atoms with Crippen LogP contribution in [0.2, 0.25) is 0 Å². The van der Waals surface area contributed by atoms with E-state index in [9.17, 15) is 4.79 Å². The molecule has 0 saturated carbocycles. The Balaban J connectivity index is 1.84. The van der Waals surface area contributed by atoms with Gasteiger partial charge in [0.05, 0.1) is 6.54 Å². The minimum absolute atomic E-state index is 0.142. The number of carbonyl (C=O) groups is 1. The fourth-order valence-electron chi connectivity index (χ4n) is 3.06.